The molecule has 1 fully saturated rings. The first kappa shape index (κ1) is 21.5. The largest absolute Gasteiger partial charge is 0.506 e. The topological polar surface area (TPSA) is 112 Å². The number of hydrogen-bond donors (Lipinski definition) is 4. The van der Waals surface area contributed by atoms with Gasteiger partial charge in [0.2, 0.25) is 5.72 Å². The molecule has 0 aliphatic carbocycles. The number of phenolic OH excluding ortho intramolecular Hbond substituents is 1. The van der Waals surface area contributed by atoms with Crippen LogP contribution < -0.4 is 10.6 Å². The molecule has 1 aromatic carbocycles. The lowest BCUT2D eigenvalue weighted by Crippen LogP contribution is -2.72. The Kier molecular flexibility index (Phi) is 5.62. The SMILES string of the molecule is O=C1N[C@H](c2cc(Br)cc(Br)c2O)[C@@H](C(=O)c2cccnc2)[C@@](O)(C(F)(F)F)N1. The predicted octanol–water partition coefficient (Wildman–Crippen LogP) is 3.42. The van der Waals surface area contributed by atoms with E-state index in [9.17, 15) is 33.0 Å². The van der Waals surface area contributed by atoms with Crippen LogP contribution in [0.25, 0.3) is 0 Å². The van der Waals surface area contributed by atoms with Crippen LogP contribution in [0.1, 0.15) is 22.0 Å². The first-order valence-corrected chi connectivity index (χ1v) is 9.54. The number of aromatic hydroxyl groups is 1. The van der Waals surface area contributed by atoms with Gasteiger partial charge < -0.3 is 20.8 Å². The maximum Gasteiger partial charge on any atom is 0.437 e. The fourth-order valence-electron chi connectivity index (χ4n) is 3.11. The molecule has 154 valence electrons. The smallest absolute Gasteiger partial charge is 0.437 e. The number of Topliss-reactive ketones (excluding diaryl/α,β-unsaturated/α-hetero) is 1. The third kappa shape index (κ3) is 3.83. The van der Waals surface area contributed by atoms with E-state index in [0.29, 0.717) is 4.47 Å². The van der Waals surface area contributed by atoms with E-state index < -0.39 is 41.4 Å². The van der Waals surface area contributed by atoms with Crippen LogP contribution in [0.3, 0.4) is 0 Å². The third-order valence-electron chi connectivity index (χ3n) is 4.43. The molecule has 7 nitrogen and oxygen atoms in total. The van der Waals surface area contributed by atoms with Crippen LogP contribution in [0, 0.1) is 5.92 Å². The average molecular weight is 539 g/mol. The molecule has 0 unspecified atom stereocenters. The number of halogens is 5. The number of hydrogen-bond acceptors (Lipinski definition) is 5. The van der Waals surface area contributed by atoms with Crippen LogP contribution in [-0.2, 0) is 0 Å². The first-order chi connectivity index (χ1) is 13.5. The summed E-state index contributed by atoms with van der Waals surface area (Å²) in [6.07, 6.45) is -3.03. The second-order valence-electron chi connectivity index (χ2n) is 6.25. The van der Waals surface area contributed by atoms with Gasteiger partial charge in [0.15, 0.2) is 5.78 Å². The fraction of sp³-hybridized carbons (Fsp3) is 0.235. The second kappa shape index (κ2) is 7.58. The number of carbonyl (C=O) groups excluding carboxylic acids is 2. The highest BCUT2D eigenvalue weighted by molar-refractivity contribution is 9.11. The molecule has 2 amide bonds. The number of aliphatic hydroxyl groups is 1. The van der Waals surface area contributed by atoms with Crippen LogP contribution in [0.2, 0.25) is 0 Å². The molecule has 29 heavy (non-hydrogen) atoms. The minimum atomic E-state index is -5.40. The van der Waals surface area contributed by atoms with Crippen molar-refractivity contribution in [3.05, 3.63) is 56.7 Å². The van der Waals surface area contributed by atoms with Crippen LogP contribution in [0.15, 0.2) is 45.6 Å². The minimum Gasteiger partial charge on any atom is -0.506 e. The van der Waals surface area contributed by atoms with Gasteiger partial charge in [-0.05, 0) is 40.2 Å². The standard InChI is InChI=1S/C17H12Br2F3N3O4/c18-8-4-9(14(27)10(19)5-8)12-11(13(26)7-2-1-3-23-6-7)16(29,17(20,21)22)25-15(28)24-12/h1-6,11-12,27,29H,(H2,24,25,28)/t11-,12+,16+/m0/s1. The van der Waals surface area contributed by atoms with Gasteiger partial charge in [0.1, 0.15) is 11.7 Å². The van der Waals surface area contributed by atoms with Gasteiger partial charge in [0, 0.05) is 28.0 Å². The summed E-state index contributed by atoms with van der Waals surface area (Å²) in [7, 11) is 0. The molecule has 1 aliphatic heterocycles. The molecule has 3 atom stereocenters. The summed E-state index contributed by atoms with van der Waals surface area (Å²) >= 11 is 6.21. The average Bonchev–Trinajstić information content (AvgIpc) is 2.63. The van der Waals surface area contributed by atoms with Crippen LogP contribution in [-0.4, -0.2) is 38.9 Å². The summed E-state index contributed by atoms with van der Waals surface area (Å²) in [5.41, 5.74) is -4.31. The number of pyridine rings is 1. The summed E-state index contributed by atoms with van der Waals surface area (Å²) in [6.45, 7) is 0. The van der Waals surface area contributed by atoms with Gasteiger partial charge >= 0.3 is 12.2 Å². The van der Waals surface area contributed by atoms with Gasteiger partial charge in [-0.25, -0.2) is 4.79 Å². The minimum absolute atomic E-state index is 0.109. The molecule has 12 heteroatoms. The maximum atomic E-state index is 13.8. The zero-order valence-electron chi connectivity index (χ0n) is 14.2. The Morgan fingerprint density at radius 2 is 1.97 bits per heavy atom. The van der Waals surface area contributed by atoms with Gasteiger partial charge in [-0.3, -0.25) is 9.78 Å². The molecule has 0 radical (unpaired) electrons. The maximum absolute atomic E-state index is 13.8. The van der Waals surface area contributed by atoms with Crippen LogP contribution in [0.5, 0.6) is 5.75 Å². The van der Waals surface area contributed by atoms with E-state index in [0.717, 1.165) is 6.20 Å². The second-order valence-corrected chi connectivity index (χ2v) is 8.02. The zero-order chi connectivity index (χ0) is 21.6. The van der Waals surface area contributed by atoms with Gasteiger partial charge in [0.25, 0.3) is 0 Å². The van der Waals surface area contributed by atoms with Crippen molar-refractivity contribution in [1.82, 2.24) is 15.6 Å². The molecule has 0 saturated carbocycles. The monoisotopic (exact) mass is 537 g/mol. The van der Waals surface area contributed by atoms with Crippen molar-refractivity contribution in [2.75, 3.05) is 0 Å². The lowest BCUT2D eigenvalue weighted by molar-refractivity contribution is -0.287. The molecule has 3 rings (SSSR count). The van der Waals surface area contributed by atoms with Gasteiger partial charge in [-0.1, -0.05) is 15.9 Å². The van der Waals surface area contributed by atoms with E-state index in [1.165, 1.54) is 35.8 Å². The molecule has 0 spiro atoms. The van der Waals surface area contributed by atoms with Crippen molar-refractivity contribution in [3.63, 3.8) is 0 Å². The summed E-state index contributed by atoms with van der Waals surface area (Å²) in [4.78, 5) is 28.7. The fourth-order valence-corrected chi connectivity index (χ4v) is 4.37. The number of alkyl halides is 3. The summed E-state index contributed by atoms with van der Waals surface area (Å²) < 4.78 is 42.0. The van der Waals surface area contributed by atoms with Crippen molar-refractivity contribution in [1.29, 1.82) is 0 Å². The van der Waals surface area contributed by atoms with Crippen molar-refractivity contribution in [2.45, 2.75) is 17.9 Å². The first-order valence-electron chi connectivity index (χ1n) is 7.95. The highest BCUT2D eigenvalue weighted by atomic mass is 79.9. The number of aromatic nitrogens is 1. The van der Waals surface area contributed by atoms with Gasteiger partial charge in [-0.2, -0.15) is 13.2 Å². The van der Waals surface area contributed by atoms with E-state index >= 15 is 0 Å². The van der Waals surface area contributed by atoms with Gasteiger partial charge in [-0.15, -0.1) is 0 Å². The van der Waals surface area contributed by atoms with Crippen LogP contribution in [0.4, 0.5) is 18.0 Å². The number of benzene rings is 1. The number of rotatable bonds is 3. The highest BCUT2D eigenvalue weighted by Crippen LogP contribution is 2.47. The molecule has 2 heterocycles. The molecule has 1 saturated heterocycles. The normalized spacial score (nSPS) is 24.6. The van der Waals surface area contributed by atoms with Crippen LogP contribution >= 0.6 is 31.9 Å². The van der Waals surface area contributed by atoms with E-state index in [-0.39, 0.29) is 15.6 Å². The number of nitrogens with one attached hydrogen (secondary N) is 2. The Labute approximate surface area is 178 Å². The van der Waals surface area contributed by atoms with E-state index in [2.05, 4.69) is 42.2 Å². The highest BCUT2D eigenvalue weighted by Gasteiger charge is 2.66. The number of phenols is 1. The Morgan fingerprint density at radius 1 is 1.28 bits per heavy atom. The lowest BCUT2D eigenvalue weighted by Gasteiger charge is -2.45. The molecule has 1 aromatic heterocycles. The van der Waals surface area contributed by atoms with Crippen molar-refractivity contribution >= 4 is 43.7 Å². The number of urea groups is 1. The molecular weight excluding hydrogens is 527 g/mol. The van der Waals surface area contributed by atoms with Crippen molar-refractivity contribution in [3.8, 4) is 5.75 Å². The lowest BCUT2D eigenvalue weighted by atomic mass is 9.77. The van der Waals surface area contributed by atoms with E-state index in [4.69, 9.17) is 0 Å². The summed E-state index contributed by atoms with van der Waals surface area (Å²) in [6, 6.07) is 2.18. The number of carbonyl (C=O) groups is 2. The Morgan fingerprint density at radius 3 is 2.55 bits per heavy atom. The van der Waals surface area contributed by atoms with E-state index in [1.807, 2.05) is 0 Å². The molecule has 4 N–H and O–H groups in total. The molecule has 2 aromatic rings. The molecular formula is C17H12Br2F3N3O4. The zero-order valence-corrected chi connectivity index (χ0v) is 17.3. The predicted molar refractivity (Wildman–Crippen MR) is 101 cm³/mol. The molecule has 1 aliphatic rings. The molecule has 0 bridgehead atoms. The van der Waals surface area contributed by atoms with Gasteiger partial charge in [0.05, 0.1) is 10.5 Å². The number of ketones is 1. The summed E-state index contributed by atoms with van der Waals surface area (Å²) in [5, 5.41) is 24.5. The Hall–Kier alpha value is -2.18. The Balaban J connectivity index is 2.24. The third-order valence-corrected chi connectivity index (χ3v) is 5.49. The summed E-state index contributed by atoms with van der Waals surface area (Å²) in [5.74, 6) is -3.89. The Bertz CT molecular complexity index is 974. The number of nitrogens with zero attached hydrogens (tertiary/aromatic N) is 1. The van der Waals surface area contributed by atoms with E-state index in [1.54, 1.807) is 0 Å². The quantitative estimate of drug-likeness (QED) is 0.447. The van der Waals surface area contributed by atoms with Crippen molar-refractivity contribution in [2.24, 2.45) is 5.92 Å². The van der Waals surface area contributed by atoms with Crippen molar-refractivity contribution < 1.29 is 33.0 Å². The number of amides is 2.